The standard InChI is InChI=1S/C23H25N3O5S/c1-32(29,30)23(9-8-21(24)27)26-13-10-19(15-22(26)28)18-4-6-20(7-5-18)31-14-11-17-3-2-12-25-16-17/h2-7,10,12-13,15-16,23H,8-9,11,14H2,1H3,(H2,24,27). The van der Waals surface area contributed by atoms with Gasteiger partial charge in [0.05, 0.1) is 6.61 Å². The molecule has 1 amide bonds. The lowest BCUT2D eigenvalue weighted by molar-refractivity contribution is -0.118. The molecule has 3 aromatic rings. The van der Waals surface area contributed by atoms with Gasteiger partial charge in [0.25, 0.3) is 5.56 Å². The number of carbonyl (C=O) groups excluding carboxylic acids is 1. The fourth-order valence-corrected chi connectivity index (χ4v) is 4.44. The molecule has 1 atom stereocenters. The Balaban J connectivity index is 1.71. The second-order valence-electron chi connectivity index (χ2n) is 7.43. The van der Waals surface area contributed by atoms with Crippen molar-refractivity contribution in [2.24, 2.45) is 5.73 Å². The van der Waals surface area contributed by atoms with Gasteiger partial charge in [0.15, 0.2) is 9.84 Å². The van der Waals surface area contributed by atoms with E-state index >= 15 is 0 Å². The lowest BCUT2D eigenvalue weighted by Gasteiger charge is -2.18. The predicted octanol–water partition coefficient (Wildman–Crippen LogP) is 2.34. The zero-order valence-corrected chi connectivity index (χ0v) is 18.5. The molecule has 0 saturated carbocycles. The van der Waals surface area contributed by atoms with Gasteiger partial charge < -0.3 is 10.5 Å². The summed E-state index contributed by atoms with van der Waals surface area (Å²) in [5.74, 6) is 0.0839. The van der Waals surface area contributed by atoms with Crippen molar-refractivity contribution in [3.05, 3.63) is 83.0 Å². The van der Waals surface area contributed by atoms with Gasteiger partial charge in [0, 0.05) is 43.8 Å². The van der Waals surface area contributed by atoms with Crippen LogP contribution < -0.4 is 16.0 Å². The van der Waals surface area contributed by atoms with Gasteiger partial charge in [-0.15, -0.1) is 0 Å². The maximum Gasteiger partial charge on any atom is 0.252 e. The fourth-order valence-electron chi connectivity index (χ4n) is 3.31. The third kappa shape index (κ3) is 6.27. The summed E-state index contributed by atoms with van der Waals surface area (Å²) < 4.78 is 31.2. The quantitative estimate of drug-likeness (QED) is 0.501. The molecule has 9 heteroatoms. The van der Waals surface area contributed by atoms with Crippen LogP contribution in [-0.2, 0) is 21.1 Å². The van der Waals surface area contributed by atoms with Crippen molar-refractivity contribution in [1.29, 1.82) is 0 Å². The van der Waals surface area contributed by atoms with Crippen molar-refractivity contribution < 1.29 is 17.9 Å². The molecule has 3 rings (SSSR count). The molecule has 0 aliphatic heterocycles. The van der Waals surface area contributed by atoms with Crippen LogP contribution in [0.3, 0.4) is 0 Å². The minimum atomic E-state index is -3.61. The molecule has 0 radical (unpaired) electrons. The maximum atomic E-state index is 12.6. The first-order valence-electron chi connectivity index (χ1n) is 10.1. The van der Waals surface area contributed by atoms with Gasteiger partial charge in [0.2, 0.25) is 5.91 Å². The fraction of sp³-hybridized carbons (Fsp3) is 0.261. The molecule has 0 fully saturated rings. The monoisotopic (exact) mass is 455 g/mol. The van der Waals surface area contributed by atoms with Crippen LogP contribution in [0, 0.1) is 0 Å². The van der Waals surface area contributed by atoms with Crippen molar-refractivity contribution >= 4 is 15.7 Å². The SMILES string of the molecule is CS(=O)(=O)C(CCC(N)=O)n1ccc(-c2ccc(OCCc3cccnc3)cc2)cc1=O. The summed E-state index contributed by atoms with van der Waals surface area (Å²) in [5, 5.41) is -1.15. The molecule has 2 aromatic heterocycles. The Morgan fingerprint density at radius 2 is 1.91 bits per heavy atom. The average Bonchev–Trinajstić information content (AvgIpc) is 2.75. The third-order valence-corrected chi connectivity index (χ3v) is 6.41. The molecule has 2 N–H and O–H groups in total. The van der Waals surface area contributed by atoms with Crippen molar-refractivity contribution in [3.63, 3.8) is 0 Å². The van der Waals surface area contributed by atoms with Gasteiger partial charge in [-0.25, -0.2) is 8.42 Å². The average molecular weight is 456 g/mol. The van der Waals surface area contributed by atoms with Crippen LogP contribution in [0.4, 0.5) is 0 Å². The maximum absolute atomic E-state index is 12.6. The highest BCUT2D eigenvalue weighted by atomic mass is 32.2. The number of carbonyl (C=O) groups is 1. The zero-order valence-electron chi connectivity index (χ0n) is 17.7. The second kappa shape index (κ2) is 10.2. The molecule has 8 nitrogen and oxygen atoms in total. The molecule has 1 unspecified atom stereocenters. The van der Waals surface area contributed by atoms with E-state index in [-0.39, 0.29) is 12.8 Å². The molecular weight excluding hydrogens is 430 g/mol. The first kappa shape index (κ1) is 23.2. The number of rotatable bonds is 10. The minimum Gasteiger partial charge on any atom is -0.493 e. The van der Waals surface area contributed by atoms with E-state index in [0.717, 1.165) is 28.4 Å². The summed E-state index contributed by atoms with van der Waals surface area (Å²) in [7, 11) is -3.61. The normalized spacial score (nSPS) is 12.3. The molecule has 1 aromatic carbocycles. The Kier molecular flexibility index (Phi) is 7.42. The number of hydrogen-bond donors (Lipinski definition) is 1. The minimum absolute atomic E-state index is 0.0570. The molecule has 0 aliphatic carbocycles. The zero-order chi connectivity index (χ0) is 23.1. The first-order chi connectivity index (χ1) is 15.2. The van der Waals surface area contributed by atoms with Crippen LogP contribution in [0.5, 0.6) is 5.75 Å². The van der Waals surface area contributed by atoms with E-state index in [0.29, 0.717) is 17.9 Å². The van der Waals surface area contributed by atoms with Gasteiger partial charge >= 0.3 is 0 Å². The van der Waals surface area contributed by atoms with E-state index in [9.17, 15) is 18.0 Å². The topological polar surface area (TPSA) is 121 Å². The number of amides is 1. The third-order valence-electron chi connectivity index (χ3n) is 4.96. The van der Waals surface area contributed by atoms with Crippen molar-refractivity contribution in [2.45, 2.75) is 24.6 Å². The Hall–Kier alpha value is -3.46. The van der Waals surface area contributed by atoms with Crippen LogP contribution in [0.25, 0.3) is 11.1 Å². The first-order valence-corrected chi connectivity index (χ1v) is 12.0. The summed E-state index contributed by atoms with van der Waals surface area (Å²) in [6.07, 6.45) is 6.55. The number of benzene rings is 1. The smallest absolute Gasteiger partial charge is 0.252 e. The van der Waals surface area contributed by atoms with E-state index in [1.807, 2.05) is 36.4 Å². The lowest BCUT2D eigenvalue weighted by atomic mass is 10.1. The molecule has 32 heavy (non-hydrogen) atoms. The summed E-state index contributed by atoms with van der Waals surface area (Å²) in [5.41, 5.74) is 7.20. The van der Waals surface area contributed by atoms with E-state index in [2.05, 4.69) is 4.98 Å². The number of sulfone groups is 1. The van der Waals surface area contributed by atoms with Gasteiger partial charge in [-0.3, -0.25) is 19.1 Å². The van der Waals surface area contributed by atoms with Crippen molar-refractivity contribution in [1.82, 2.24) is 9.55 Å². The second-order valence-corrected chi connectivity index (χ2v) is 9.64. The highest BCUT2D eigenvalue weighted by Gasteiger charge is 2.24. The van der Waals surface area contributed by atoms with Gasteiger partial charge in [-0.05, 0) is 47.4 Å². The van der Waals surface area contributed by atoms with Crippen LogP contribution in [0.15, 0.2) is 71.9 Å². The number of pyridine rings is 2. The summed E-state index contributed by atoms with van der Waals surface area (Å²) >= 11 is 0. The Morgan fingerprint density at radius 1 is 1.16 bits per heavy atom. The number of ether oxygens (including phenoxy) is 1. The number of hydrogen-bond acceptors (Lipinski definition) is 6. The Labute approximate surface area is 186 Å². The van der Waals surface area contributed by atoms with E-state index < -0.39 is 26.7 Å². The Morgan fingerprint density at radius 3 is 2.50 bits per heavy atom. The summed E-state index contributed by atoms with van der Waals surface area (Å²) in [6, 6.07) is 14.2. The Bertz CT molecular complexity index is 1220. The van der Waals surface area contributed by atoms with Gasteiger partial charge in [-0.1, -0.05) is 18.2 Å². The molecule has 0 saturated heterocycles. The molecule has 0 bridgehead atoms. The number of nitrogens with two attached hydrogens (primary N) is 1. The molecule has 0 aliphatic rings. The predicted molar refractivity (Wildman–Crippen MR) is 122 cm³/mol. The molecule has 2 heterocycles. The van der Waals surface area contributed by atoms with Gasteiger partial charge in [-0.2, -0.15) is 0 Å². The molecule has 0 spiro atoms. The molecule has 168 valence electrons. The van der Waals surface area contributed by atoms with Crippen LogP contribution in [-0.4, -0.2) is 36.7 Å². The van der Waals surface area contributed by atoms with Crippen molar-refractivity contribution in [3.8, 4) is 16.9 Å². The van der Waals surface area contributed by atoms with Crippen LogP contribution in [0.2, 0.25) is 0 Å². The van der Waals surface area contributed by atoms with Crippen LogP contribution in [0.1, 0.15) is 23.8 Å². The van der Waals surface area contributed by atoms with Gasteiger partial charge in [0.1, 0.15) is 11.1 Å². The highest BCUT2D eigenvalue weighted by molar-refractivity contribution is 7.90. The number of primary amides is 1. The summed E-state index contributed by atoms with van der Waals surface area (Å²) in [6.45, 7) is 0.513. The summed E-state index contributed by atoms with van der Waals surface area (Å²) in [4.78, 5) is 27.8. The molecular formula is C23H25N3O5S. The largest absolute Gasteiger partial charge is 0.493 e. The van der Waals surface area contributed by atoms with E-state index in [4.69, 9.17) is 10.5 Å². The number of nitrogens with zero attached hydrogens (tertiary/aromatic N) is 2. The van der Waals surface area contributed by atoms with Crippen LogP contribution >= 0.6 is 0 Å². The highest BCUT2D eigenvalue weighted by Crippen LogP contribution is 2.23. The van der Waals surface area contributed by atoms with E-state index in [1.165, 1.54) is 12.3 Å². The van der Waals surface area contributed by atoms with Crippen molar-refractivity contribution in [2.75, 3.05) is 12.9 Å². The number of aromatic nitrogens is 2. The van der Waals surface area contributed by atoms with E-state index in [1.54, 1.807) is 18.5 Å². The lowest BCUT2D eigenvalue weighted by Crippen LogP contribution is -2.29.